The van der Waals surface area contributed by atoms with E-state index in [1.165, 1.54) is 12.8 Å². The molecule has 1 aromatic heterocycles. The van der Waals surface area contributed by atoms with Crippen molar-refractivity contribution in [2.75, 3.05) is 23.8 Å². The first-order valence-electron chi connectivity index (χ1n) is 7.38. The molecule has 0 saturated heterocycles. The number of rotatable bonds is 6. The topological polar surface area (TPSA) is 70.1 Å². The minimum absolute atomic E-state index is 0.237. The van der Waals surface area contributed by atoms with Gasteiger partial charge in [0, 0.05) is 31.3 Å². The molecule has 20 heavy (non-hydrogen) atoms. The highest BCUT2D eigenvalue weighted by atomic mass is 79.9. The summed E-state index contributed by atoms with van der Waals surface area (Å²) in [5.74, 6) is 1.77. The van der Waals surface area contributed by atoms with E-state index in [9.17, 15) is 5.11 Å². The van der Waals surface area contributed by atoms with Gasteiger partial charge >= 0.3 is 0 Å². The first-order chi connectivity index (χ1) is 9.74. The van der Waals surface area contributed by atoms with Crippen LogP contribution in [0.25, 0.3) is 0 Å². The van der Waals surface area contributed by atoms with Crippen molar-refractivity contribution in [3.8, 4) is 0 Å². The predicted molar refractivity (Wildman–Crippen MR) is 85.0 cm³/mol. The zero-order valence-corrected chi connectivity index (χ0v) is 13.5. The molecule has 1 aliphatic carbocycles. The minimum atomic E-state index is 0.237. The smallest absolute Gasteiger partial charge is 0.224 e. The van der Waals surface area contributed by atoms with E-state index in [1.54, 1.807) is 6.20 Å². The van der Waals surface area contributed by atoms with Crippen LogP contribution in [0.4, 0.5) is 11.8 Å². The van der Waals surface area contributed by atoms with Crippen molar-refractivity contribution in [2.45, 2.75) is 45.1 Å². The zero-order valence-electron chi connectivity index (χ0n) is 11.9. The molecule has 0 bridgehead atoms. The molecule has 112 valence electrons. The van der Waals surface area contributed by atoms with Crippen LogP contribution in [0.1, 0.15) is 39.0 Å². The van der Waals surface area contributed by atoms with Crippen molar-refractivity contribution in [1.82, 2.24) is 9.97 Å². The maximum atomic E-state index is 9.48. The van der Waals surface area contributed by atoms with Crippen LogP contribution in [0.5, 0.6) is 0 Å². The van der Waals surface area contributed by atoms with Crippen molar-refractivity contribution in [3.05, 3.63) is 10.7 Å². The lowest BCUT2D eigenvalue weighted by Gasteiger charge is -2.31. The molecule has 1 heterocycles. The molecule has 0 amide bonds. The fourth-order valence-corrected chi connectivity index (χ4v) is 2.89. The van der Waals surface area contributed by atoms with Gasteiger partial charge in [-0.25, -0.2) is 4.98 Å². The van der Waals surface area contributed by atoms with Gasteiger partial charge in [0.15, 0.2) is 0 Å². The second kappa shape index (κ2) is 7.78. The number of hydrogen-bond acceptors (Lipinski definition) is 5. The summed E-state index contributed by atoms with van der Waals surface area (Å²) in [5.41, 5.74) is 0. The third-order valence-electron chi connectivity index (χ3n) is 3.74. The monoisotopic (exact) mass is 342 g/mol. The van der Waals surface area contributed by atoms with Crippen LogP contribution in [-0.4, -0.2) is 34.3 Å². The maximum absolute atomic E-state index is 9.48. The van der Waals surface area contributed by atoms with Gasteiger partial charge in [-0.2, -0.15) is 4.98 Å². The molecule has 0 aliphatic heterocycles. The van der Waals surface area contributed by atoms with E-state index < -0.39 is 0 Å². The SMILES string of the molecule is CCCNc1ncc(Br)c(NC2CCCCC2CO)n1. The van der Waals surface area contributed by atoms with E-state index in [-0.39, 0.29) is 6.61 Å². The second-order valence-electron chi connectivity index (χ2n) is 5.29. The summed E-state index contributed by atoms with van der Waals surface area (Å²) in [4.78, 5) is 8.76. The van der Waals surface area contributed by atoms with Crippen LogP contribution >= 0.6 is 15.9 Å². The Hall–Kier alpha value is -0.880. The number of hydrogen-bond donors (Lipinski definition) is 3. The van der Waals surface area contributed by atoms with E-state index in [2.05, 4.69) is 43.5 Å². The average molecular weight is 343 g/mol. The van der Waals surface area contributed by atoms with E-state index in [0.717, 1.165) is 36.1 Å². The third kappa shape index (κ3) is 4.06. The molecule has 1 aliphatic rings. The molecular weight excluding hydrogens is 320 g/mol. The van der Waals surface area contributed by atoms with Crippen molar-refractivity contribution < 1.29 is 5.11 Å². The lowest BCUT2D eigenvalue weighted by Crippen LogP contribution is -2.34. The van der Waals surface area contributed by atoms with E-state index in [1.807, 2.05) is 0 Å². The van der Waals surface area contributed by atoms with Crippen molar-refractivity contribution in [1.29, 1.82) is 0 Å². The number of nitrogens with one attached hydrogen (secondary N) is 2. The van der Waals surface area contributed by atoms with Gasteiger partial charge in [-0.05, 0) is 35.2 Å². The Morgan fingerprint density at radius 1 is 1.40 bits per heavy atom. The van der Waals surface area contributed by atoms with Gasteiger partial charge in [0.1, 0.15) is 5.82 Å². The Balaban J connectivity index is 2.06. The van der Waals surface area contributed by atoms with Crippen LogP contribution in [0, 0.1) is 5.92 Å². The van der Waals surface area contributed by atoms with Crippen molar-refractivity contribution in [3.63, 3.8) is 0 Å². The van der Waals surface area contributed by atoms with E-state index in [4.69, 9.17) is 0 Å². The number of halogens is 1. The van der Waals surface area contributed by atoms with Gasteiger partial charge in [0.25, 0.3) is 0 Å². The molecule has 2 rings (SSSR count). The van der Waals surface area contributed by atoms with Gasteiger partial charge in [0.2, 0.25) is 5.95 Å². The van der Waals surface area contributed by atoms with Crippen LogP contribution in [-0.2, 0) is 0 Å². The summed E-state index contributed by atoms with van der Waals surface area (Å²) in [7, 11) is 0. The molecule has 1 fully saturated rings. The van der Waals surface area contributed by atoms with Crippen LogP contribution in [0.3, 0.4) is 0 Å². The van der Waals surface area contributed by atoms with E-state index >= 15 is 0 Å². The van der Waals surface area contributed by atoms with Crippen molar-refractivity contribution in [2.24, 2.45) is 5.92 Å². The lowest BCUT2D eigenvalue weighted by atomic mass is 9.85. The highest BCUT2D eigenvalue weighted by molar-refractivity contribution is 9.10. The highest BCUT2D eigenvalue weighted by Crippen LogP contribution is 2.29. The Morgan fingerprint density at radius 2 is 2.20 bits per heavy atom. The molecule has 6 heteroatoms. The summed E-state index contributed by atoms with van der Waals surface area (Å²) >= 11 is 3.49. The van der Waals surface area contributed by atoms with Crippen LogP contribution < -0.4 is 10.6 Å². The molecular formula is C14H23BrN4O. The van der Waals surface area contributed by atoms with Gasteiger partial charge in [-0.3, -0.25) is 0 Å². The minimum Gasteiger partial charge on any atom is -0.396 e. The number of nitrogens with zero attached hydrogens (tertiary/aromatic N) is 2. The number of aromatic nitrogens is 2. The maximum Gasteiger partial charge on any atom is 0.224 e. The first-order valence-corrected chi connectivity index (χ1v) is 8.17. The lowest BCUT2D eigenvalue weighted by molar-refractivity contribution is 0.178. The normalized spacial score (nSPS) is 22.6. The molecule has 1 aromatic rings. The fourth-order valence-electron chi connectivity index (χ4n) is 2.58. The van der Waals surface area contributed by atoms with Gasteiger partial charge in [0.05, 0.1) is 4.47 Å². The number of aliphatic hydroxyl groups is 1. The van der Waals surface area contributed by atoms with Gasteiger partial charge in [-0.1, -0.05) is 19.8 Å². The summed E-state index contributed by atoms with van der Waals surface area (Å²) in [6, 6.07) is 0.291. The second-order valence-corrected chi connectivity index (χ2v) is 6.15. The van der Waals surface area contributed by atoms with E-state index in [0.29, 0.717) is 17.9 Å². The Morgan fingerprint density at radius 3 is 2.95 bits per heavy atom. The standard InChI is InChI=1S/C14H23BrN4O/c1-2-7-16-14-17-8-11(15)13(19-14)18-12-6-4-3-5-10(12)9-20/h8,10,12,20H,2-7,9H2,1H3,(H2,16,17,18,19). The molecule has 0 aromatic carbocycles. The summed E-state index contributed by atoms with van der Waals surface area (Å²) in [6.45, 7) is 3.21. The Bertz CT molecular complexity index is 430. The number of anilines is 2. The zero-order chi connectivity index (χ0) is 14.4. The molecule has 5 nitrogen and oxygen atoms in total. The van der Waals surface area contributed by atoms with Crippen LogP contribution in [0.2, 0.25) is 0 Å². The molecule has 2 unspecified atom stereocenters. The molecule has 1 saturated carbocycles. The third-order valence-corrected chi connectivity index (χ3v) is 4.32. The molecule has 0 spiro atoms. The predicted octanol–water partition coefficient (Wildman–Crippen LogP) is 3.02. The fraction of sp³-hybridized carbons (Fsp3) is 0.714. The summed E-state index contributed by atoms with van der Waals surface area (Å²) < 4.78 is 0.863. The molecule has 3 N–H and O–H groups in total. The summed E-state index contributed by atoms with van der Waals surface area (Å²) in [6.07, 6.45) is 7.38. The highest BCUT2D eigenvalue weighted by Gasteiger charge is 2.25. The Kier molecular flexibility index (Phi) is 6.04. The quantitative estimate of drug-likeness (QED) is 0.741. The molecule has 0 radical (unpaired) electrons. The van der Waals surface area contributed by atoms with Crippen molar-refractivity contribution >= 4 is 27.7 Å². The first kappa shape index (κ1) is 15.5. The van der Waals surface area contributed by atoms with Gasteiger partial charge < -0.3 is 15.7 Å². The largest absolute Gasteiger partial charge is 0.396 e. The Labute approximate surface area is 128 Å². The van der Waals surface area contributed by atoms with Crippen LogP contribution in [0.15, 0.2) is 10.7 Å². The van der Waals surface area contributed by atoms with Gasteiger partial charge in [-0.15, -0.1) is 0 Å². The molecule has 2 atom stereocenters. The number of aliphatic hydroxyl groups excluding tert-OH is 1. The summed E-state index contributed by atoms with van der Waals surface area (Å²) in [5, 5.41) is 16.1. The average Bonchev–Trinajstić information content (AvgIpc) is 2.48.